The van der Waals surface area contributed by atoms with Crippen molar-refractivity contribution in [2.75, 3.05) is 11.9 Å². The molecule has 0 aliphatic carbocycles. The topological polar surface area (TPSA) is 108 Å². The number of halogens is 1. The van der Waals surface area contributed by atoms with E-state index in [1.165, 1.54) is 4.90 Å². The first kappa shape index (κ1) is 23.8. The number of carbonyl (C=O) groups is 3. The summed E-state index contributed by atoms with van der Waals surface area (Å²) in [7, 11) is 0. The molecule has 6 atom stereocenters. The van der Waals surface area contributed by atoms with Gasteiger partial charge in [-0.05, 0) is 49.6 Å². The number of fused-ring (bicyclic) bond motifs is 1. The van der Waals surface area contributed by atoms with Crippen LogP contribution in [0.1, 0.15) is 25.3 Å². The van der Waals surface area contributed by atoms with E-state index in [0.29, 0.717) is 30.1 Å². The highest BCUT2D eigenvalue weighted by molar-refractivity contribution is 6.30. The lowest BCUT2D eigenvalue weighted by molar-refractivity contribution is -0.143. The third kappa shape index (κ3) is 3.99. The molecule has 0 aromatic heterocycles. The zero-order chi connectivity index (χ0) is 24.7. The van der Waals surface area contributed by atoms with Crippen LogP contribution in [0.3, 0.4) is 0 Å². The van der Waals surface area contributed by atoms with E-state index in [-0.39, 0.29) is 18.4 Å². The highest BCUT2D eigenvalue weighted by Crippen LogP contribution is 2.58. The Morgan fingerprint density at radius 3 is 2.57 bits per heavy atom. The van der Waals surface area contributed by atoms with Crippen molar-refractivity contribution in [1.29, 1.82) is 0 Å². The maximum Gasteiger partial charge on any atom is 0.250 e. The molecule has 2 unspecified atom stereocenters. The maximum absolute atomic E-state index is 13.7. The minimum atomic E-state index is -1.11. The number of nitrogens with zero attached hydrogens (tertiary/aromatic N) is 1. The Kier molecular flexibility index (Phi) is 6.29. The Morgan fingerprint density at radius 2 is 1.89 bits per heavy atom. The summed E-state index contributed by atoms with van der Waals surface area (Å²) in [6.07, 6.45) is 0.639. The van der Waals surface area contributed by atoms with Gasteiger partial charge in [0.25, 0.3) is 0 Å². The first-order chi connectivity index (χ1) is 16.9. The second-order valence-corrected chi connectivity index (χ2v) is 9.97. The smallest absolute Gasteiger partial charge is 0.250 e. The van der Waals surface area contributed by atoms with Gasteiger partial charge in [0.15, 0.2) is 0 Å². The van der Waals surface area contributed by atoms with E-state index in [4.69, 9.17) is 16.3 Å². The lowest BCUT2D eigenvalue weighted by Crippen LogP contribution is -2.55. The molecule has 184 valence electrons. The Bertz CT molecular complexity index is 1130. The van der Waals surface area contributed by atoms with Crippen molar-refractivity contribution in [3.05, 3.63) is 65.2 Å². The minimum Gasteiger partial charge on any atom is -0.394 e. The zero-order valence-electron chi connectivity index (χ0n) is 19.3. The van der Waals surface area contributed by atoms with Crippen LogP contribution < -0.4 is 10.6 Å². The molecule has 3 heterocycles. The van der Waals surface area contributed by atoms with E-state index in [1.807, 2.05) is 30.3 Å². The standard InChI is InChI=1S/C26H28ClN3O5/c1-15(14-31)30-22(24(33)29-18-9-7-17(27)8-10-18)26-12-11-19(35-26)20(21(26)25(30)34)23(32)28-13-16-5-3-2-4-6-16/h2-10,15,19-22,31H,11-14H2,1H3,(H,28,32)(H,29,33)/t15-,19+,20-,21+,22?,26?/m1/s1. The molecule has 2 aromatic rings. The van der Waals surface area contributed by atoms with Gasteiger partial charge < -0.3 is 25.4 Å². The van der Waals surface area contributed by atoms with E-state index < -0.39 is 41.5 Å². The molecule has 0 saturated carbocycles. The molecule has 0 radical (unpaired) electrons. The van der Waals surface area contributed by atoms with Gasteiger partial charge in [-0.25, -0.2) is 0 Å². The van der Waals surface area contributed by atoms with Crippen LogP contribution in [-0.2, 0) is 25.7 Å². The van der Waals surface area contributed by atoms with Gasteiger partial charge in [-0.3, -0.25) is 14.4 Å². The van der Waals surface area contributed by atoms with Crippen LogP contribution >= 0.6 is 11.6 Å². The number of amides is 3. The molecule has 3 aliphatic rings. The third-order valence-electron chi connectivity index (χ3n) is 7.45. The number of ether oxygens (including phenoxy) is 1. The van der Waals surface area contributed by atoms with Crippen LogP contribution in [0.25, 0.3) is 0 Å². The maximum atomic E-state index is 13.7. The van der Waals surface area contributed by atoms with Gasteiger partial charge in [0.1, 0.15) is 11.6 Å². The summed E-state index contributed by atoms with van der Waals surface area (Å²) in [6, 6.07) is 14.6. The SMILES string of the molecule is C[C@H](CO)N1C(=O)[C@@H]2[C@H](C(=O)NCc3ccccc3)[C@@H]3CCC2(O3)C1C(=O)Nc1ccc(Cl)cc1. The number of likely N-dealkylation sites (tertiary alicyclic amines) is 1. The molecule has 3 saturated heterocycles. The number of anilines is 1. The molecule has 3 amide bonds. The summed E-state index contributed by atoms with van der Waals surface area (Å²) < 4.78 is 6.37. The second kappa shape index (κ2) is 9.26. The fourth-order valence-electron chi connectivity index (χ4n) is 5.90. The largest absolute Gasteiger partial charge is 0.394 e. The van der Waals surface area contributed by atoms with Crippen LogP contribution in [0.15, 0.2) is 54.6 Å². The first-order valence-corrected chi connectivity index (χ1v) is 12.2. The monoisotopic (exact) mass is 497 g/mol. The quantitative estimate of drug-likeness (QED) is 0.544. The normalized spacial score (nSPS) is 29.7. The molecule has 35 heavy (non-hydrogen) atoms. The minimum absolute atomic E-state index is 0.255. The van der Waals surface area contributed by atoms with Crippen molar-refractivity contribution in [3.8, 4) is 0 Å². The van der Waals surface area contributed by atoms with Crippen molar-refractivity contribution in [3.63, 3.8) is 0 Å². The molecule has 3 aliphatic heterocycles. The molecule has 3 N–H and O–H groups in total. The van der Waals surface area contributed by atoms with Gasteiger partial charge >= 0.3 is 0 Å². The van der Waals surface area contributed by atoms with Crippen LogP contribution in [0.2, 0.25) is 5.02 Å². The highest BCUT2D eigenvalue weighted by atomic mass is 35.5. The number of nitrogens with one attached hydrogen (secondary N) is 2. The van der Waals surface area contributed by atoms with E-state index in [1.54, 1.807) is 31.2 Å². The molecule has 3 fully saturated rings. The molecule has 2 bridgehead atoms. The number of benzene rings is 2. The lowest BCUT2D eigenvalue weighted by Gasteiger charge is -2.35. The van der Waals surface area contributed by atoms with Crippen LogP contribution in [0.4, 0.5) is 5.69 Å². The summed E-state index contributed by atoms with van der Waals surface area (Å²) in [6.45, 7) is 1.72. The lowest BCUT2D eigenvalue weighted by atomic mass is 9.70. The van der Waals surface area contributed by atoms with Gasteiger partial charge in [0, 0.05) is 17.3 Å². The van der Waals surface area contributed by atoms with Crippen LogP contribution in [0.5, 0.6) is 0 Å². The second-order valence-electron chi connectivity index (χ2n) is 9.53. The Balaban J connectivity index is 1.43. The molecular weight excluding hydrogens is 470 g/mol. The number of carbonyl (C=O) groups excluding carboxylic acids is 3. The van der Waals surface area contributed by atoms with Gasteiger partial charge in [-0.15, -0.1) is 0 Å². The van der Waals surface area contributed by atoms with Gasteiger partial charge in [-0.2, -0.15) is 0 Å². The molecule has 1 spiro atoms. The van der Waals surface area contributed by atoms with Gasteiger partial charge in [0.2, 0.25) is 17.7 Å². The summed E-state index contributed by atoms with van der Waals surface area (Å²) in [5, 5.41) is 16.2. The average molecular weight is 498 g/mol. The highest BCUT2D eigenvalue weighted by Gasteiger charge is 2.74. The van der Waals surface area contributed by atoms with E-state index in [0.717, 1.165) is 5.56 Å². The number of aliphatic hydroxyl groups excluding tert-OH is 1. The first-order valence-electron chi connectivity index (χ1n) is 11.8. The number of aliphatic hydroxyl groups is 1. The zero-order valence-corrected chi connectivity index (χ0v) is 20.1. The Labute approximate surface area is 208 Å². The number of hydrogen-bond donors (Lipinski definition) is 3. The van der Waals surface area contributed by atoms with Crippen molar-refractivity contribution in [2.24, 2.45) is 11.8 Å². The Hall–Kier alpha value is -2.94. The number of hydrogen-bond acceptors (Lipinski definition) is 5. The fourth-order valence-corrected chi connectivity index (χ4v) is 6.03. The fraction of sp³-hybridized carbons (Fsp3) is 0.423. The predicted octanol–water partition coefficient (Wildman–Crippen LogP) is 2.35. The van der Waals surface area contributed by atoms with Gasteiger partial charge in [-0.1, -0.05) is 41.9 Å². The third-order valence-corrected chi connectivity index (χ3v) is 7.70. The van der Waals surface area contributed by atoms with Crippen molar-refractivity contribution < 1.29 is 24.2 Å². The van der Waals surface area contributed by atoms with E-state index >= 15 is 0 Å². The summed E-state index contributed by atoms with van der Waals surface area (Å²) in [4.78, 5) is 42.0. The van der Waals surface area contributed by atoms with Gasteiger partial charge in [0.05, 0.1) is 30.6 Å². The van der Waals surface area contributed by atoms with Crippen LogP contribution in [0, 0.1) is 11.8 Å². The Morgan fingerprint density at radius 1 is 1.17 bits per heavy atom. The van der Waals surface area contributed by atoms with E-state index in [2.05, 4.69) is 10.6 Å². The van der Waals surface area contributed by atoms with Crippen molar-refractivity contribution >= 4 is 35.0 Å². The average Bonchev–Trinajstić information content (AvgIpc) is 3.51. The molecule has 8 nitrogen and oxygen atoms in total. The number of rotatable bonds is 7. The molecule has 2 aromatic carbocycles. The summed E-state index contributed by atoms with van der Waals surface area (Å²) >= 11 is 5.96. The van der Waals surface area contributed by atoms with Crippen LogP contribution in [-0.4, -0.2) is 58.1 Å². The molecule has 9 heteroatoms. The summed E-state index contributed by atoms with van der Waals surface area (Å²) in [5.41, 5.74) is 0.373. The molecule has 5 rings (SSSR count). The molecular formula is C26H28ClN3O5. The van der Waals surface area contributed by atoms with Crippen molar-refractivity contribution in [1.82, 2.24) is 10.2 Å². The predicted molar refractivity (Wildman–Crippen MR) is 129 cm³/mol. The van der Waals surface area contributed by atoms with E-state index in [9.17, 15) is 19.5 Å². The van der Waals surface area contributed by atoms with Crippen molar-refractivity contribution in [2.45, 2.75) is 50.1 Å². The summed E-state index contributed by atoms with van der Waals surface area (Å²) in [5.74, 6) is -2.47.